The molecule has 2 N–H and O–H groups in total. The van der Waals surface area contributed by atoms with Crippen LogP contribution in [0.3, 0.4) is 0 Å². The number of anilines is 1. The van der Waals surface area contributed by atoms with E-state index >= 15 is 0 Å². The Kier molecular flexibility index (Phi) is 3.17. The molecule has 0 aliphatic heterocycles. The van der Waals surface area contributed by atoms with E-state index < -0.39 is 0 Å². The SMILES string of the molecule is Cc1ccc(-c2nnn(-c3ccccc3F)c2N)cc1C. The molecule has 0 amide bonds. The van der Waals surface area contributed by atoms with Gasteiger partial charge in [0, 0.05) is 5.56 Å². The van der Waals surface area contributed by atoms with Crippen LogP contribution in [0.15, 0.2) is 42.5 Å². The van der Waals surface area contributed by atoms with Crippen LogP contribution < -0.4 is 5.73 Å². The van der Waals surface area contributed by atoms with Crippen LogP contribution in [0, 0.1) is 19.7 Å². The summed E-state index contributed by atoms with van der Waals surface area (Å²) in [4.78, 5) is 0. The summed E-state index contributed by atoms with van der Waals surface area (Å²) < 4.78 is 15.2. The number of nitrogens with zero attached hydrogens (tertiary/aromatic N) is 3. The number of nitrogens with two attached hydrogens (primary N) is 1. The van der Waals surface area contributed by atoms with E-state index in [1.807, 2.05) is 32.0 Å². The Morgan fingerprint density at radius 2 is 1.81 bits per heavy atom. The molecule has 3 aromatic rings. The molecule has 0 bridgehead atoms. The van der Waals surface area contributed by atoms with Gasteiger partial charge >= 0.3 is 0 Å². The van der Waals surface area contributed by atoms with Gasteiger partial charge in [-0.15, -0.1) is 5.10 Å². The van der Waals surface area contributed by atoms with Crippen molar-refractivity contribution in [3.8, 4) is 16.9 Å². The maximum atomic E-state index is 13.8. The standard InChI is InChI=1S/C16H15FN4/c1-10-7-8-12(9-11(10)2)15-16(18)21(20-19-15)14-6-4-3-5-13(14)17/h3-9H,18H2,1-2H3. The van der Waals surface area contributed by atoms with E-state index in [0.29, 0.717) is 11.5 Å². The van der Waals surface area contributed by atoms with E-state index in [4.69, 9.17) is 5.73 Å². The second kappa shape index (κ2) is 5.01. The molecule has 106 valence electrons. The summed E-state index contributed by atoms with van der Waals surface area (Å²) in [7, 11) is 0. The molecule has 0 radical (unpaired) electrons. The second-order valence-corrected chi connectivity index (χ2v) is 4.99. The van der Waals surface area contributed by atoms with Gasteiger partial charge in [0.25, 0.3) is 0 Å². The van der Waals surface area contributed by atoms with Crippen molar-refractivity contribution in [3.05, 3.63) is 59.4 Å². The summed E-state index contributed by atoms with van der Waals surface area (Å²) in [6, 6.07) is 12.3. The molecular formula is C16H15FN4. The van der Waals surface area contributed by atoms with Crippen LogP contribution in [0.25, 0.3) is 16.9 Å². The number of para-hydroxylation sites is 1. The van der Waals surface area contributed by atoms with Crippen LogP contribution in [0.1, 0.15) is 11.1 Å². The molecule has 1 heterocycles. The Balaban J connectivity index is 2.11. The van der Waals surface area contributed by atoms with Crippen molar-refractivity contribution in [2.45, 2.75) is 13.8 Å². The van der Waals surface area contributed by atoms with Crippen molar-refractivity contribution in [1.29, 1.82) is 0 Å². The van der Waals surface area contributed by atoms with Crippen LogP contribution in [0.2, 0.25) is 0 Å². The molecule has 0 spiro atoms. The molecule has 4 nitrogen and oxygen atoms in total. The van der Waals surface area contributed by atoms with Crippen LogP contribution in [-0.2, 0) is 0 Å². The number of benzene rings is 2. The molecule has 21 heavy (non-hydrogen) atoms. The van der Waals surface area contributed by atoms with Gasteiger partial charge in [-0.2, -0.15) is 4.68 Å². The highest BCUT2D eigenvalue weighted by Crippen LogP contribution is 2.27. The number of nitrogen functional groups attached to an aromatic ring is 1. The zero-order chi connectivity index (χ0) is 15.0. The summed E-state index contributed by atoms with van der Waals surface area (Å²) in [6.07, 6.45) is 0. The maximum absolute atomic E-state index is 13.8. The first kappa shape index (κ1) is 13.3. The predicted octanol–water partition coefficient (Wildman–Crippen LogP) is 3.27. The van der Waals surface area contributed by atoms with Gasteiger partial charge in [-0.05, 0) is 43.2 Å². The van der Waals surface area contributed by atoms with Crippen LogP contribution in [0.4, 0.5) is 10.2 Å². The van der Waals surface area contributed by atoms with Gasteiger partial charge < -0.3 is 5.73 Å². The van der Waals surface area contributed by atoms with Crippen molar-refractivity contribution in [1.82, 2.24) is 15.0 Å². The molecular weight excluding hydrogens is 267 g/mol. The fourth-order valence-electron chi connectivity index (χ4n) is 2.18. The first-order valence-electron chi connectivity index (χ1n) is 6.61. The molecule has 0 saturated carbocycles. The molecule has 0 aliphatic carbocycles. The largest absolute Gasteiger partial charge is 0.382 e. The summed E-state index contributed by atoms with van der Waals surface area (Å²) in [5.74, 6) is -0.0657. The lowest BCUT2D eigenvalue weighted by Gasteiger charge is -2.06. The zero-order valence-corrected chi connectivity index (χ0v) is 11.8. The van der Waals surface area contributed by atoms with Gasteiger partial charge in [0.05, 0.1) is 0 Å². The van der Waals surface area contributed by atoms with Crippen LogP contribution >= 0.6 is 0 Å². The Morgan fingerprint density at radius 3 is 2.52 bits per heavy atom. The summed E-state index contributed by atoms with van der Waals surface area (Å²) in [6.45, 7) is 4.06. The first-order valence-corrected chi connectivity index (χ1v) is 6.61. The minimum absolute atomic E-state index is 0.289. The van der Waals surface area contributed by atoms with Crippen LogP contribution in [-0.4, -0.2) is 15.0 Å². The minimum atomic E-state index is -0.388. The van der Waals surface area contributed by atoms with E-state index in [2.05, 4.69) is 10.3 Å². The number of aryl methyl sites for hydroxylation is 2. The Bertz CT molecular complexity index is 808. The lowest BCUT2D eigenvalue weighted by molar-refractivity contribution is 0.608. The van der Waals surface area contributed by atoms with Gasteiger partial charge in [0.2, 0.25) is 0 Å². The van der Waals surface area contributed by atoms with Gasteiger partial charge in [0.1, 0.15) is 17.2 Å². The fraction of sp³-hybridized carbons (Fsp3) is 0.125. The maximum Gasteiger partial charge on any atom is 0.156 e. The second-order valence-electron chi connectivity index (χ2n) is 4.99. The summed E-state index contributed by atoms with van der Waals surface area (Å²) in [5.41, 5.74) is 10.2. The molecule has 0 saturated heterocycles. The third kappa shape index (κ3) is 2.27. The zero-order valence-electron chi connectivity index (χ0n) is 11.8. The number of rotatable bonds is 2. The Labute approximate surface area is 122 Å². The average molecular weight is 282 g/mol. The number of halogens is 1. The molecule has 0 unspecified atom stereocenters. The van der Waals surface area contributed by atoms with Crippen molar-refractivity contribution in [2.75, 3.05) is 5.73 Å². The molecule has 5 heteroatoms. The van der Waals surface area contributed by atoms with Crippen molar-refractivity contribution >= 4 is 5.82 Å². The molecule has 2 aromatic carbocycles. The lowest BCUT2D eigenvalue weighted by Crippen LogP contribution is -2.04. The lowest BCUT2D eigenvalue weighted by atomic mass is 10.0. The van der Waals surface area contributed by atoms with E-state index in [1.54, 1.807) is 18.2 Å². The monoisotopic (exact) mass is 282 g/mol. The smallest absolute Gasteiger partial charge is 0.156 e. The highest BCUT2D eigenvalue weighted by atomic mass is 19.1. The quantitative estimate of drug-likeness (QED) is 0.784. The van der Waals surface area contributed by atoms with Gasteiger partial charge in [-0.1, -0.05) is 29.5 Å². The normalized spacial score (nSPS) is 10.8. The Morgan fingerprint density at radius 1 is 1.05 bits per heavy atom. The highest BCUT2D eigenvalue weighted by molar-refractivity contribution is 5.71. The fourth-order valence-corrected chi connectivity index (χ4v) is 2.18. The first-order chi connectivity index (χ1) is 10.1. The van der Waals surface area contributed by atoms with Gasteiger partial charge in [0.15, 0.2) is 5.82 Å². The average Bonchev–Trinajstić information content (AvgIpc) is 2.84. The number of aromatic nitrogens is 3. The summed E-state index contributed by atoms with van der Waals surface area (Å²) >= 11 is 0. The van der Waals surface area contributed by atoms with Gasteiger partial charge in [-0.3, -0.25) is 0 Å². The summed E-state index contributed by atoms with van der Waals surface area (Å²) in [5, 5.41) is 8.07. The third-order valence-corrected chi connectivity index (χ3v) is 3.57. The minimum Gasteiger partial charge on any atom is -0.382 e. The third-order valence-electron chi connectivity index (χ3n) is 3.57. The van der Waals surface area contributed by atoms with E-state index in [0.717, 1.165) is 11.1 Å². The molecule has 3 rings (SSSR count). The molecule has 0 atom stereocenters. The topological polar surface area (TPSA) is 56.7 Å². The van der Waals surface area contributed by atoms with Crippen molar-refractivity contribution in [2.24, 2.45) is 0 Å². The number of hydrogen-bond donors (Lipinski definition) is 1. The van der Waals surface area contributed by atoms with E-state index in [9.17, 15) is 4.39 Å². The van der Waals surface area contributed by atoms with Crippen molar-refractivity contribution < 1.29 is 4.39 Å². The Hall–Kier alpha value is -2.69. The molecule has 0 aliphatic rings. The predicted molar refractivity (Wildman–Crippen MR) is 80.6 cm³/mol. The van der Waals surface area contributed by atoms with E-state index in [1.165, 1.54) is 16.3 Å². The van der Waals surface area contributed by atoms with Crippen LogP contribution in [0.5, 0.6) is 0 Å². The molecule has 0 fully saturated rings. The number of hydrogen-bond acceptors (Lipinski definition) is 3. The highest BCUT2D eigenvalue weighted by Gasteiger charge is 2.15. The van der Waals surface area contributed by atoms with Gasteiger partial charge in [-0.25, -0.2) is 4.39 Å². The van der Waals surface area contributed by atoms with Crippen molar-refractivity contribution in [3.63, 3.8) is 0 Å². The molecule has 1 aromatic heterocycles. The van der Waals surface area contributed by atoms with E-state index in [-0.39, 0.29) is 11.5 Å².